The summed E-state index contributed by atoms with van der Waals surface area (Å²) in [6, 6.07) is 19.3. The van der Waals surface area contributed by atoms with Crippen LogP contribution < -0.4 is 19.1 Å². The summed E-state index contributed by atoms with van der Waals surface area (Å²) in [4.78, 5) is 13.5. The van der Waals surface area contributed by atoms with Crippen molar-refractivity contribution in [1.29, 1.82) is 0 Å². The number of hydrogen-bond donors (Lipinski definition) is 1. The first-order chi connectivity index (χ1) is 17.2. The highest BCUT2D eigenvalue weighted by molar-refractivity contribution is 9.10. The number of hydrogen-bond acceptors (Lipinski definition) is 6. The van der Waals surface area contributed by atoms with E-state index in [-0.39, 0.29) is 10.8 Å². The molecule has 7 nitrogen and oxygen atoms in total. The van der Waals surface area contributed by atoms with Gasteiger partial charge in [0, 0.05) is 22.8 Å². The second kappa shape index (κ2) is 10.9. The first kappa shape index (κ1) is 26.0. The van der Waals surface area contributed by atoms with Crippen LogP contribution in [0, 0.1) is 0 Å². The zero-order chi connectivity index (χ0) is 25.9. The molecule has 0 aliphatic heterocycles. The molecular weight excluding hydrogens is 564 g/mol. The lowest BCUT2D eigenvalue weighted by Crippen LogP contribution is -2.26. The van der Waals surface area contributed by atoms with Gasteiger partial charge in [0.1, 0.15) is 0 Å². The Labute approximate surface area is 222 Å². The van der Waals surface area contributed by atoms with E-state index in [0.29, 0.717) is 35.0 Å². The van der Waals surface area contributed by atoms with Gasteiger partial charge in [0.2, 0.25) is 0 Å². The van der Waals surface area contributed by atoms with E-state index in [9.17, 15) is 13.2 Å². The van der Waals surface area contributed by atoms with Crippen molar-refractivity contribution in [3.05, 3.63) is 81.6 Å². The number of benzene rings is 3. The highest BCUT2D eigenvalue weighted by Gasteiger charge is 2.22. The highest BCUT2D eigenvalue weighted by atomic mass is 79.9. The van der Waals surface area contributed by atoms with E-state index in [1.165, 1.54) is 22.7 Å². The average molecular weight is 590 g/mol. The molecule has 0 saturated carbocycles. The van der Waals surface area contributed by atoms with E-state index in [1.54, 1.807) is 56.7 Å². The predicted molar refractivity (Wildman–Crippen MR) is 147 cm³/mol. The summed E-state index contributed by atoms with van der Waals surface area (Å²) >= 11 is 4.69. The van der Waals surface area contributed by atoms with Crippen LogP contribution in [-0.2, 0) is 16.4 Å². The Kier molecular flexibility index (Phi) is 7.87. The van der Waals surface area contributed by atoms with Crippen molar-refractivity contribution in [2.75, 3.05) is 32.1 Å². The van der Waals surface area contributed by atoms with Crippen molar-refractivity contribution >= 4 is 59.0 Å². The molecule has 3 aromatic carbocycles. The number of carbonyl (C=O) groups is 1. The summed E-state index contributed by atoms with van der Waals surface area (Å²) in [5.74, 6) is 1.13. The van der Waals surface area contributed by atoms with Crippen LogP contribution in [0.3, 0.4) is 0 Å². The van der Waals surface area contributed by atoms with E-state index in [0.717, 1.165) is 20.1 Å². The van der Waals surface area contributed by atoms with Gasteiger partial charge < -0.3 is 14.8 Å². The SMILES string of the molecule is COc1ccc(CCNC(=O)c2cc3cc(N(C)S(=O)(=O)c4ccc(Br)cc4)ccc3s2)cc1OC. The number of fused-ring (bicyclic) bond motifs is 1. The van der Waals surface area contributed by atoms with Gasteiger partial charge in [0.25, 0.3) is 15.9 Å². The van der Waals surface area contributed by atoms with Gasteiger partial charge in [-0.3, -0.25) is 9.10 Å². The standard InChI is InChI=1S/C26H25BrN2O5S2/c1-29(36(31,32)21-8-5-19(27)6-9-21)20-7-11-24-18(15-20)16-25(35-24)26(30)28-13-12-17-4-10-22(33-2)23(14-17)34-3/h4-11,14-16H,12-13H2,1-3H3,(H,28,30). The molecule has 0 aliphatic rings. The van der Waals surface area contributed by atoms with Crippen LogP contribution in [0.4, 0.5) is 5.69 Å². The zero-order valence-electron chi connectivity index (χ0n) is 19.9. The maximum atomic E-state index is 13.0. The third-order valence-electron chi connectivity index (χ3n) is 5.71. The minimum atomic E-state index is -3.72. The van der Waals surface area contributed by atoms with Crippen LogP contribution in [0.1, 0.15) is 15.2 Å². The number of carbonyl (C=O) groups excluding carboxylic acids is 1. The molecule has 0 atom stereocenters. The number of rotatable bonds is 9. The van der Waals surface area contributed by atoms with E-state index in [4.69, 9.17) is 9.47 Å². The number of nitrogens with one attached hydrogen (secondary N) is 1. The molecule has 4 rings (SSSR count). The number of halogens is 1. The second-order valence-electron chi connectivity index (χ2n) is 7.95. The molecule has 4 aromatic rings. The van der Waals surface area contributed by atoms with Gasteiger partial charge in [-0.1, -0.05) is 22.0 Å². The molecule has 1 amide bonds. The summed E-state index contributed by atoms with van der Waals surface area (Å²) in [6.07, 6.45) is 0.639. The molecule has 10 heteroatoms. The van der Waals surface area contributed by atoms with Crippen molar-refractivity contribution in [2.45, 2.75) is 11.3 Å². The zero-order valence-corrected chi connectivity index (χ0v) is 23.2. The first-order valence-corrected chi connectivity index (χ1v) is 14.0. The van der Waals surface area contributed by atoms with Crippen molar-refractivity contribution in [3.8, 4) is 11.5 Å². The van der Waals surface area contributed by atoms with Crippen LogP contribution >= 0.6 is 27.3 Å². The van der Waals surface area contributed by atoms with Crippen molar-refractivity contribution in [1.82, 2.24) is 5.32 Å². The Morgan fingerprint density at radius 3 is 2.39 bits per heavy atom. The summed E-state index contributed by atoms with van der Waals surface area (Å²) < 4.78 is 39.6. The van der Waals surface area contributed by atoms with Crippen molar-refractivity contribution in [2.24, 2.45) is 0 Å². The van der Waals surface area contributed by atoms with Gasteiger partial charge >= 0.3 is 0 Å². The fraction of sp³-hybridized carbons (Fsp3) is 0.192. The largest absolute Gasteiger partial charge is 0.493 e. The Bertz CT molecular complexity index is 1500. The monoisotopic (exact) mass is 588 g/mol. The van der Waals surface area contributed by atoms with Gasteiger partial charge in [-0.2, -0.15) is 0 Å². The molecule has 1 N–H and O–H groups in total. The minimum Gasteiger partial charge on any atom is -0.493 e. The second-order valence-corrected chi connectivity index (χ2v) is 11.9. The Hall–Kier alpha value is -3.08. The maximum absolute atomic E-state index is 13.0. The normalized spacial score (nSPS) is 11.3. The maximum Gasteiger partial charge on any atom is 0.264 e. The van der Waals surface area contributed by atoms with E-state index in [1.807, 2.05) is 24.3 Å². The van der Waals surface area contributed by atoms with Crippen molar-refractivity contribution in [3.63, 3.8) is 0 Å². The third-order valence-corrected chi connectivity index (χ3v) is 9.15. The Balaban J connectivity index is 1.45. The molecule has 0 unspecified atom stereocenters. The molecule has 0 bridgehead atoms. The Morgan fingerprint density at radius 2 is 1.69 bits per heavy atom. The number of ether oxygens (including phenoxy) is 2. The number of methoxy groups -OCH3 is 2. The molecule has 188 valence electrons. The predicted octanol–water partition coefficient (Wildman–Crippen LogP) is 5.48. The molecule has 1 heterocycles. The summed E-state index contributed by atoms with van der Waals surface area (Å²) in [5, 5.41) is 3.76. The van der Waals surface area contributed by atoms with Crippen LogP contribution in [-0.4, -0.2) is 42.1 Å². The fourth-order valence-electron chi connectivity index (χ4n) is 3.69. The van der Waals surface area contributed by atoms with Gasteiger partial charge in [-0.15, -0.1) is 11.3 Å². The molecule has 0 radical (unpaired) electrons. The van der Waals surface area contributed by atoms with Gasteiger partial charge in [0.05, 0.1) is 29.7 Å². The quantitative estimate of drug-likeness (QED) is 0.280. The highest BCUT2D eigenvalue weighted by Crippen LogP contribution is 2.32. The van der Waals surface area contributed by atoms with Crippen LogP contribution in [0.2, 0.25) is 0 Å². The van der Waals surface area contributed by atoms with Gasteiger partial charge in [0.15, 0.2) is 11.5 Å². The van der Waals surface area contributed by atoms with E-state index >= 15 is 0 Å². The molecular formula is C26H25BrN2O5S2. The number of anilines is 1. The Morgan fingerprint density at radius 1 is 0.972 bits per heavy atom. The lowest BCUT2D eigenvalue weighted by Gasteiger charge is -2.19. The summed E-state index contributed by atoms with van der Waals surface area (Å²) in [7, 11) is 0.981. The number of nitrogens with zero attached hydrogens (tertiary/aromatic N) is 1. The first-order valence-electron chi connectivity index (χ1n) is 11.0. The van der Waals surface area contributed by atoms with Crippen LogP contribution in [0.25, 0.3) is 10.1 Å². The lowest BCUT2D eigenvalue weighted by molar-refractivity contribution is 0.0958. The molecule has 0 spiro atoms. The van der Waals surface area contributed by atoms with Crippen LogP contribution in [0.15, 0.2) is 76.1 Å². The van der Waals surface area contributed by atoms with Gasteiger partial charge in [-0.25, -0.2) is 8.42 Å². The minimum absolute atomic E-state index is 0.172. The average Bonchev–Trinajstić information content (AvgIpc) is 3.32. The molecule has 36 heavy (non-hydrogen) atoms. The number of sulfonamides is 1. The molecule has 1 aromatic heterocycles. The fourth-order valence-corrected chi connectivity index (χ4v) is 6.10. The van der Waals surface area contributed by atoms with E-state index < -0.39 is 10.0 Å². The smallest absolute Gasteiger partial charge is 0.264 e. The summed E-state index contributed by atoms with van der Waals surface area (Å²) in [6.45, 7) is 0.460. The summed E-state index contributed by atoms with van der Waals surface area (Å²) in [5.41, 5.74) is 1.53. The van der Waals surface area contributed by atoms with Crippen molar-refractivity contribution < 1.29 is 22.7 Å². The number of amides is 1. The van der Waals surface area contributed by atoms with E-state index in [2.05, 4.69) is 21.2 Å². The lowest BCUT2D eigenvalue weighted by atomic mass is 10.1. The molecule has 0 fully saturated rings. The topological polar surface area (TPSA) is 84.9 Å². The third kappa shape index (κ3) is 5.50. The van der Waals surface area contributed by atoms with Crippen LogP contribution in [0.5, 0.6) is 11.5 Å². The van der Waals surface area contributed by atoms with Gasteiger partial charge in [-0.05, 0) is 78.0 Å². The molecule has 0 saturated heterocycles. The number of thiophene rings is 1. The molecule has 0 aliphatic carbocycles.